The van der Waals surface area contributed by atoms with Crippen LogP contribution in [0.25, 0.3) is 0 Å². The highest BCUT2D eigenvalue weighted by molar-refractivity contribution is 6.70. The third-order valence-corrected chi connectivity index (χ3v) is 10.5. The molecule has 0 spiro atoms. The van der Waals surface area contributed by atoms with Gasteiger partial charge in [0.05, 0.1) is 5.60 Å². The van der Waals surface area contributed by atoms with Crippen molar-refractivity contribution in [3.63, 3.8) is 0 Å². The number of rotatable bonds is 12. The molecule has 0 aromatic heterocycles. The van der Waals surface area contributed by atoms with E-state index in [9.17, 15) is 31.1 Å². The number of fused-ring (bicyclic) bond motifs is 1. The number of allylic oxidation sites excluding steroid dienone is 1. The van der Waals surface area contributed by atoms with Crippen molar-refractivity contribution in [2.45, 2.75) is 141 Å². The first-order valence-corrected chi connectivity index (χ1v) is 21.4. The lowest BCUT2D eigenvalue weighted by atomic mass is 9.63. The minimum absolute atomic E-state index is 0.0478. The Morgan fingerprint density at radius 1 is 0.825 bits per heavy atom. The maximum Gasteiger partial charge on any atom is 0.429 e. The van der Waals surface area contributed by atoms with Crippen molar-refractivity contribution >= 4 is 22.4 Å². The van der Waals surface area contributed by atoms with E-state index in [-0.39, 0.29) is 41.6 Å². The Balaban J connectivity index is 2.41. The van der Waals surface area contributed by atoms with Crippen molar-refractivity contribution in [1.82, 2.24) is 0 Å². The van der Waals surface area contributed by atoms with Crippen LogP contribution in [0.3, 0.4) is 0 Å². The van der Waals surface area contributed by atoms with Crippen LogP contribution in [0.1, 0.15) is 78.6 Å². The van der Waals surface area contributed by atoms with Crippen molar-refractivity contribution < 1.29 is 40.0 Å². The van der Waals surface area contributed by atoms with Gasteiger partial charge in [0, 0.05) is 12.3 Å². The summed E-state index contributed by atoms with van der Waals surface area (Å²) in [6.45, 7) is 16.3. The number of alkyl halides is 6. The van der Waals surface area contributed by atoms with Crippen LogP contribution in [-0.4, -0.2) is 46.0 Å². The molecule has 2 rings (SSSR count). The first kappa shape index (κ1) is 35.5. The fraction of sp³-hybridized carbons (Fsp3) is 0.897. The lowest BCUT2D eigenvalue weighted by Crippen LogP contribution is -2.61. The molecule has 3 nitrogen and oxygen atoms in total. The van der Waals surface area contributed by atoms with E-state index < -0.39 is 40.0 Å². The fourth-order valence-electron chi connectivity index (χ4n) is 7.15. The molecule has 2 saturated carbocycles. The van der Waals surface area contributed by atoms with Crippen LogP contribution in [0.2, 0.25) is 39.3 Å². The molecule has 11 heteroatoms. The predicted octanol–water partition coefficient (Wildman–Crippen LogP) is 9.85. The molecule has 3 unspecified atom stereocenters. The van der Waals surface area contributed by atoms with E-state index in [0.717, 1.165) is 44.6 Å². The monoisotopic (exact) mass is 616 g/mol. The summed E-state index contributed by atoms with van der Waals surface area (Å²) >= 11 is 0. The molecule has 0 radical (unpaired) electrons. The normalized spacial score (nSPS) is 25.4. The summed E-state index contributed by atoms with van der Waals surface area (Å²) in [5.74, 6) is 0.377. The molecular formula is C29H50F6O3Si2. The van der Waals surface area contributed by atoms with E-state index in [2.05, 4.69) is 19.6 Å². The van der Waals surface area contributed by atoms with Crippen molar-refractivity contribution in [2.75, 3.05) is 0 Å². The summed E-state index contributed by atoms with van der Waals surface area (Å²) in [7, 11) is -5.08. The number of carbonyl (C=O) groups is 1. The topological polar surface area (TPSA) is 35.5 Å². The number of hydrogen-bond donors (Lipinski definition) is 0. The summed E-state index contributed by atoms with van der Waals surface area (Å²) in [6.07, 6.45) is -4.21. The lowest BCUT2D eigenvalue weighted by Gasteiger charge is -2.42. The van der Waals surface area contributed by atoms with Crippen LogP contribution in [0.5, 0.6) is 0 Å². The molecule has 2 aliphatic rings. The molecule has 0 saturated heterocycles. The summed E-state index contributed by atoms with van der Waals surface area (Å²) in [6, 6.07) is 0. The van der Waals surface area contributed by atoms with E-state index in [1.54, 1.807) is 0 Å². The van der Waals surface area contributed by atoms with Crippen LogP contribution in [0.15, 0.2) is 12.2 Å². The van der Waals surface area contributed by atoms with Gasteiger partial charge in [-0.2, -0.15) is 26.3 Å². The van der Waals surface area contributed by atoms with Crippen LogP contribution in [0.4, 0.5) is 26.3 Å². The van der Waals surface area contributed by atoms with Gasteiger partial charge in [-0.1, -0.05) is 19.4 Å². The van der Waals surface area contributed by atoms with Crippen LogP contribution in [-0.2, 0) is 13.6 Å². The standard InChI is InChI=1S/C29H50F6O3Si2/c1-25(2,37-39(4,5)6)17-11-18-26(3,23-16-15-22-21(23)13-10-14-24(22)36)19-12-20-27(28(30,31)32,29(33,34)35)38-40(7,8)9/h12,20-23H,10-11,13-19H2,1-9H3/b20-12+/t21?,22?,23?,26-/m1/s1. The molecule has 0 aliphatic heterocycles. The van der Waals surface area contributed by atoms with E-state index >= 15 is 0 Å². The number of ketones is 1. The average molecular weight is 617 g/mol. The number of halogens is 6. The minimum Gasteiger partial charge on any atom is -0.413 e. The third-order valence-electron chi connectivity index (χ3n) is 8.45. The number of carbonyl (C=O) groups excluding carboxylic acids is 1. The first-order valence-electron chi connectivity index (χ1n) is 14.6. The quantitative estimate of drug-likeness (QED) is 0.124. The van der Waals surface area contributed by atoms with Gasteiger partial charge in [-0.25, -0.2) is 0 Å². The largest absolute Gasteiger partial charge is 0.429 e. The molecule has 0 amide bonds. The van der Waals surface area contributed by atoms with Gasteiger partial charge in [0.1, 0.15) is 5.78 Å². The average Bonchev–Trinajstić information content (AvgIpc) is 3.15. The van der Waals surface area contributed by atoms with Gasteiger partial charge in [0.25, 0.3) is 5.60 Å². The molecule has 0 bridgehead atoms. The van der Waals surface area contributed by atoms with Gasteiger partial charge in [0.15, 0.2) is 16.6 Å². The molecule has 234 valence electrons. The second kappa shape index (κ2) is 12.1. The summed E-state index contributed by atoms with van der Waals surface area (Å²) in [5, 5.41) is 0. The highest BCUT2D eigenvalue weighted by atomic mass is 28.4. The first-order chi connectivity index (χ1) is 17.8. The molecule has 2 aliphatic carbocycles. The summed E-state index contributed by atoms with van der Waals surface area (Å²) in [4.78, 5) is 12.6. The maximum absolute atomic E-state index is 14.1. The Morgan fingerprint density at radius 2 is 1.38 bits per heavy atom. The Bertz CT molecular complexity index is 887. The molecule has 0 N–H and O–H groups in total. The van der Waals surface area contributed by atoms with Crippen molar-refractivity contribution in [1.29, 1.82) is 0 Å². The van der Waals surface area contributed by atoms with Gasteiger partial charge in [-0.15, -0.1) is 0 Å². The van der Waals surface area contributed by atoms with Gasteiger partial charge >= 0.3 is 12.4 Å². The molecule has 0 aromatic carbocycles. The molecule has 40 heavy (non-hydrogen) atoms. The zero-order chi connectivity index (χ0) is 31.0. The van der Waals surface area contributed by atoms with Crippen LogP contribution in [0, 0.1) is 23.2 Å². The second-order valence-electron chi connectivity index (χ2n) is 14.8. The second-order valence-corrected chi connectivity index (χ2v) is 23.7. The SMILES string of the molecule is CC(C)(CCC[C@](C)(C/C=C/C(O[Si](C)(C)C)(C(F)(F)F)C(F)(F)F)C1CCC2C(=O)CCCC21)O[Si](C)(C)C. The smallest absolute Gasteiger partial charge is 0.413 e. The zero-order valence-corrected chi connectivity index (χ0v) is 27.7. The molecule has 0 aromatic rings. The molecular weight excluding hydrogens is 566 g/mol. The predicted molar refractivity (Wildman–Crippen MR) is 152 cm³/mol. The molecule has 4 atom stereocenters. The number of hydrogen-bond acceptors (Lipinski definition) is 3. The van der Waals surface area contributed by atoms with E-state index in [1.807, 2.05) is 20.8 Å². The van der Waals surface area contributed by atoms with Crippen molar-refractivity contribution in [3.8, 4) is 0 Å². The van der Waals surface area contributed by atoms with Crippen molar-refractivity contribution in [3.05, 3.63) is 12.2 Å². The maximum atomic E-state index is 14.1. The van der Waals surface area contributed by atoms with Crippen LogP contribution >= 0.6 is 0 Å². The van der Waals surface area contributed by atoms with Gasteiger partial charge in [-0.3, -0.25) is 4.79 Å². The minimum atomic E-state index is -5.66. The van der Waals surface area contributed by atoms with Crippen LogP contribution < -0.4 is 0 Å². The Hall–Kier alpha value is -0.656. The van der Waals surface area contributed by atoms with E-state index in [4.69, 9.17) is 8.85 Å². The third kappa shape index (κ3) is 8.92. The van der Waals surface area contributed by atoms with Crippen molar-refractivity contribution in [2.24, 2.45) is 23.2 Å². The number of Topliss-reactive ketones (excluding diaryl/α,β-unsaturated/α-hetero) is 1. The highest BCUT2D eigenvalue weighted by Gasteiger charge is 2.71. The van der Waals surface area contributed by atoms with E-state index in [0.29, 0.717) is 12.8 Å². The Labute approximate surface area is 239 Å². The molecule has 2 fully saturated rings. The Kier molecular flexibility index (Phi) is 10.8. The zero-order valence-electron chi connectivity index (χ0n) is 25.7. The summed E-state index contributed by atoms with van der Waals surface area (Å²) < 4.78 is 96.0. The van der Waals surface area contributed by atoms with Gasteiger partial charge < -0.3 is 8.85 Å². The summed E-state index contributed by atoms with van der Waals surface area (Å²) in [5.41, 5.74) is -5.30. The Morgan fingerprint density at radius 3 is 1.88 bits per heavy atom. The highest BCUT2D eigenvalue weighted by Crippen LogP contribution is 2.55. The van der Waals surface area contributed by atoms with E-state index in [1.165, 1.54) is 19.6 Å². The van der Waals surface area contributed by atoms with Gasteiger partial charge in [-0.05, 0) is 121 Å². The lowest BCUT2D eigenvalue weighted by molar-refractivity contribution is -0.340. The van der Waals surface area contributed by atoms with Gasteiger partial charge in [0.2, 0.25) is 0 Å². The molecule has 0 heterocycles. The fourth-order valence-corrected chi connectivity index (χ4v) is 10.2.